The SMILES string of the molecule is CON=C[C@@H](F)[C@H](OC(=O)c1ccc(CO)cc1)[C@H](O)COC(=O)c1ccc(CO)cc1.O=C(OC[C@H]1OC(O)[C@@H](F)[C@@H]1OC(=O)c1ccc(CO)cc1)c1ccc(CO)cc1. The maximum absolute atomic E-state index is 14.6. The van der Waals surface area contributed by atoms with Gasteiger partial charge >= 0.3 is 23.9 Å². The minimum Gasteiger partial charge on any atom is -0.459 e. The average Bonchev–Trinajstić information content (AvgIpc) is 3.58. The molecule has 62 heavy (non-hydrogen) atoms. The predicted octanol–water partition coefficient (Wildman–Crippen LogP) is 2.49. The van der Waals surface area contributed by atoms with Crippen molar-refractivity contribution in [1.29, 1.82) is 0 Å². The van der Waals surface area contributed by atoms with E-state index in [2.05, 4.69) is 9.99 Å². The molecule has 7 atom stereocenters. The van der Waals surface area contributed by atoms with E-state index in [0.29, 0.717) is 28.5 Å². The second-order valence-electron chi connectivity index (χ2n) is 13.3. The second kappa shape index (κ2) is 24.3. The summed E-state index contributed by atoms with van der Waals surface area (Å²) in [5.74, 6) is -3.29. The van der Waals surface area contributed by atoms with Crippen LogP contribution in [0.3, 0.4) is 0 Å². The third-order valence-corrected chi connectivity index (χ3v) is 9.01. The maximum Gasteiger partial charge on any atom is 0.338 e. The number of carbonyl (C=O) groups excluding carboxylic acids is 4. The number of hydrogen-bond acceptors (Lipinski definition) is 17. The van der Waals surface area contributed by atoms with Crippen LogP contribution in [0.25, 0.3) is 0 Å². The van der Waals surface area contributed by atoms with E-state index in [4.69, 9.17) is 44.1 Å². The minimum absolute atomic E-state index is 0.0660. The molecule has 5 rings (SSSR count). The summed E-state index contributed by atoms with van der Waals surface area (Å²) in [5.41, 5.74) is 2.92. The molecule has 1 aliphatic rings. The van der Waals surface area contributed by atoms with Crippen molar-refractivity contribution in [1.82, 2.24) is 0 Å². The lowest BCUT2D eigenvalue weighted by Gasteiger charge is -2.24. The van der Waals surface area contributed by atoms with E-state index in [1.165, 1.54) is 92.0 Å². The van der Waals surface area contributed by atoms with Gasteiger partial charge in [0.15, 0.2) is 30.8 Å². The number of halogens is 2. The standard InChI is InChI=1S/C22H24FNO8.C21H21FO8/c1-30-24-10-18(23)20(32-22(29)17-8-4-15(12-26)5-9-17)19(27)13-31-21(28)16-6-2-14(11-25)3-7-16;22-17-18(30-20(26)15-7-3-13(10-24)4-8-15)16(29-21(17)27)11-28-19(25)14-5-1-12(9-23)2-6-14/h2-10,18-20,25-27H,11-13H2,1H3;1-8,16-18,21,23-24,27H,9-11H2/t18-,19-,20+;16-,17+,18-,21?/m11/s1. The van der Waals surface area contributed by atoms with Crippen molar-refractivity contribution in [2.45, 2.75) is 69.5 Å². The van der Waals surface area contributed by atoms with Gasteiger partial charge in [-0.25, -0.2) is 28.0 Å². The number of benzene rings is 4. The second-order valence-corrected chi connectivity index (χ2v) is 13.3. The molecule has 6 N–H and O–H groups in total. The fourth-order valence-corrected chi connectivity index (χ4v) is 5.48. The zero-order chi connectivity index (χ0) is 45.2. The summed E-state index contributed by atoms with van der Waals surface area (Å²) in [7, 11) is 1.19. The van der Waals surface area contributed by atoms with Gasteiger partial charge in [-0.15, -0.1) is 0 Å². The first-order valence-electron chi connectivity index (χ1n) is 18.7. The minimum atomic E-state index is -2.06. The quantitative estimate of drug-likeness (QED) is 0.0363. The van der Waals surface area contributed by atoms with Crippen LogP contribution in [0, 0.1) is 0 Å². The highest BCUT2D eigenvalue weighted by molar-refractivity contribution is 5.91. The first kappa shape index (κ1) is 48.5. The van der Waals surface area contributed by atoms with E-state index in [-0.39, 0.29) is 48.7 Å². The third-order valence-electron chi connectivity index (χ3n) is 9.01. The molecule has 0 amide bonds. The zero-order valence-corrected chi connectivity index (χ0v) is 33.1. The Balaban J connectivity index is 0.000000273. The Morgan fingerprint density at radius 2 is 1.08 bits per heavy atom. The highest BCUT2D eigenvalue weighted by Crippen LogP contribution is 2.27. The summed E-state index contributed by atoms with van der Waals surface area (Å²) in [5, 5.41) is 59.5. The van der Waals surface area contributed by atoms with Crippen LogP contribution in [0.4, 0.5) is 8.78 Å². The lowest BCUT2D eigenvalue weighted by molar-refractivity contribution is -0.122. The molecule has 0 spiro atoms. The molecule has 4 aromatic carbocycles. The summed E-state index contributed by atoms with van der Waals surface area (Å²) >= 11 is 0. The smallest absolute Gasteiger partial charge is 0.338 e. The van der Waals surface area contributed by atoms with Crippen molar-refractivity contribution < 1.29 is 87.1 Å². The Morgan fingerprint density at radius 3 is 1.50 bits per heavy atom. The predicted molar refractivity (Wildman–Crippen MR) is 211 cm³/mol. The molecule has 0 aliphatic carbocycles. The van der Waals surface area contributed by atoms with Gasteiger partial charge < -0.3 is 59.2 Å². The molecule has 1 saturated heterocycles. The van der Waals surface area contributed by atoms with Crippen molar-refractivity contribution >= 4 is 30.1 Å². The van der Waals surface area contributed by atoms with Crippen LogP contribution in [0.2, 0.25) is 0 Å². The number of aliphatic hydroxyl groups is 6. The van der Waals surface area contributed by atoms with Gasteiger partial charge in [-0.1, -0.05) is 53.7 Å². The van der Waals surface area contributed by atoms with Gasteiger partial charge in [0.05, 0.1) is 54.9 Å². The van der Waals surface area contributed by atoms with Crippen molar-refractivity contribution in [3.63, 3.8) is 0 Å². The molecular weight excluding hydrogens is 824 g/mol. The van der Waals surface area contributed by atoms with Gasteiger partial charge in [0.25, 0.3) is 0 Å². The van der Waals surface area contributed by atoms with Crippen LogP contribution < -0.4 is 0 Å². The number of carbonyl (C=O) groups is 4. The largest absolute Gasteiger partial charge is 0.459 e. The van der Waals surface area contributed by atoms with Crippen LogP contribution >= 0.6 is 0 Å². The van der Waals surface area contributed by atoms with Gasteiger partial charge in [0, 0.05) is 0 Å². The molecule has 332 valence electrons. The van der Waals surface area contributed by atoms with Crippen molar-refractivity contribution in [3.05, 3.63) is 142 Å². The van der Waals surface area contributed by atoms with Gasteiger partial charge in [-0.3, -0.25) is 0 Å². The lowest BCUT2D eigenvalue weighted by atomic mass is 10.1. The summed E-state index contributed by atoms with van der Waals surface area (Å²) < 4.78 is 54.3. The first-order valence-corrected chi connectivity index (χ1v) is 18.7. The number of nitrogens with zero attached hydrogens (tertiary/aromatic N) is 1. The van der Waals surface area contributed by atoms with Crippen LogP contribution in [0.1, 0.15) is 63.7 Å². The van der Waals surface area contributed by atoms with E-state index >= 15 is 0 Å². The Kier molecular flexibility index (Phi) is 19.0. The number of hydrogen-bond donors (Lipinski definition) is 6. The Labute approximate surface area is 353 Å². The van der Waals surface area contributed by atoms with E-state index in [1.807, 2.05) is 0 Å². The van der Waals surface area contributed by atoms with E-state index in [1.54, 1.807) is 12.1 Å². The molecule has 0 saturated carbocycles. The number of oxime groups is 1. The van der Waals surface area contributed by atoms with Crippen LogP contribution in [-0.4, -0.2) is 124 Å². The summed E-state index contributed by atoms with van der Waals surface area (Å²) in [6, 6.07) is 23.5. The average molecular weight is 870 g/mol. The van der Waals surface area contributed by atoms with Crippen molar-refractivity contribution in [2.75, 3.05) is 20.3 Å². The molecule has 0 bridgehead atoms. The van der Waals surface area contributed by atoms with E-state index in [0.717, 1.165) is 0 Å². The topological polar surface area (TPSA) is 257 Å². The molecule has 1 heterocycles. The number of rotatable bonds is 18. The van der Waals surface area contributed by atoms with Crippen LogP contribution in [0.15, 0.2) is 102 Å². The molecule has 17 nitrogen and oxygen atoms in total. The number of alkyl halides is 2. The van der Waals surface area contributed by atoms with Gasteiger partial charge in [0.1, 0.15) is 32.5 Å². The summed E-state index contributed by atoms with van der Waals surface area (Å²) in [6.07, 6.45) is -11.3. The monoisotopic (exact) mass is 869 g/mol. The maximum atomic E-state index is 14.6. The van der Waals surface area contributed by atoms with Crippen LogP contribution in [-0.2, 0) is 54.9 Å². The molecule has 1 aliphatic heterocycles. The molecule has 19 heteroatoms. The molecular formula is C43H45F2NO16. The fraction of sp³-hybridized carbons (Fsp3) is 0.326. The van der Waals surface area contributed by atoms with Crippen molar-refractivity contribution in [3.8, 4) is 0 Å². The highest BCUT2D eigenvalue weighted by atomic mass is 19.1. The van der Waals surface area contributed by atoms with Crippen LogP contribution in [0.5, 0.6) is 0 Å². The van der Waals surface area contributed by atoms with Crippen molar-refractivity contribution in [2.24, 2.45) is 5.16 Å². The molecule has 4 aromatic rings. The number of esters is 4. The number of ether oxygens (including phenoxy) is 5. The van der Waals surface area contributed by atoms with Gasteiger partial charge in [-0.05, 0) is 70.8 Å². The van der Waals surface area contributed by atoms with E-state index < -0.39 is 80.1 Å². The van der Waals surface area contributed by atoms with Gasteiger partial charge in [0.2, 0.25) is 0 Å². The molecule has 0 radical (unpaired) electrons. The fourth-order valence-electron chi connectivity index (χ4n) is 5.48. The third kappa shape index (κ3) is 13.9. The molecule has 1 fully saturated rings. The Bertz CT molecular complexity index is 2070. The van der Waals surface area contributed by atoms with Gasteiger partial charge in [-0.2, -0.15) is 0 Å². The van der Waals surface area contributed by atoms with E-state index in [9.17, 15) is 38.2 Å². The summed E-state index contributed by atoms with van der Waals surface area (Å²) in [6.45, 7) is -1.88. The lowest BCUT2D eigenvalue weighted by Crippen LogP contribution is -2.43. The zero-order valence-electron chi connectivity index (χ0n) is 33.1. The molecule has 1 unspecified atom stereocenters. The first-order chi connectivity index (χ1) is 29.8. The normalized spacial score (nSPS) is 18.4. The molecule has 0 aromatic heterocycles. The summed E-state index contributed by atoms with van der Waals surface area (Å²) in [4.78, 5) is 53.4. The number of aliphatic hydroxyl groups excluding tert-OH is 6. The Morgan fingerprint density at radius 1 is 0.677 bits per heavy atom. The Hall–Kier alpha value is -6.19. The highest BCUT2D eigenvalue weighted by Gasteiger charge is 2.48.